The van der Waals surface area contributed by atoms with Gasteiger partial charge in [-0.1, -0.05) is 12.1 Å². The summed E-state index contributed by atoms with van der Waals surface area (Å²) < 4.78 is 20.7. The first-order valence-corrected chi connectivity index (χ1v) is 10.2. The van der Waals surface area contributed by atoms with Gasteiger partial charge in [0.25, 0.3) is 5.91 Å². The molecular formula is C23H20FNO3S. The van der Waals surface area contributed by atoms with Crippen LogP contribution in [0.3, 0.4) is 0 Å². The molecule has 1 aliphatic heterocycles. The molecule has 1 N–H and O–H groups in total. The Morgan fingerprint density at radius 1 is 1.21 bits per heavy atom. The molecule has 4 rings (SSSR count). The van der Waals surface area contributed by atoms with Gasteiger partial charge in [0.2, 0.25) is 0 Å². The number of hydrogen-bond acceptors (Lipinski definition) is 4. The monoisotopic (exact) mass is 409 g/mol. The lowest BCUT2D eigenvalue weighted by Crippen LogP contribution is -2.34. The SMILES string of the molecule is CC(=O)c1ccc(F)c(-c2cc(C)cc3c2OC(CNC(=O)c2cccs2)C3)c1. The zero-order valence-corrected chi connectivity index (χ0v) is 16.9. The van der Waals surface area contributed by atoms with E-state index in [0.717, 1.165) is 11.1 Å². The number of ketones is 1. The van der Waals surface area contributed by atoms with Crippen molar-refractivity contribution in [2.24, 2.45) is 0 Å². The predicted octanol–water partition coefficient (Wildman–Crippen LogP) is 4.80. The minimum atomic E-state index is -0.402. The van der Waals surface area contributed by atoms with Crippen molar-refractivity contribution >= 4 is 23.0 Å². The van der Waals surface area contributed by atoms with E-state index in [2.05, 4.69) is 5.32 Å². The molecule has 2 aromatic carbocycles. The highest BCUT2D eigenvalue weighted by atomic mass is 32.1. The number of benzene rings is 2. The third-order valence-corrected chi connectivity index (χ3v) is 5.81. The van der Waals surface area contributed by atoms with E-state index >= 15 is 0 Å². The zero-order valence-electron chi connectivity index (χ0n) is 16.1. The Morgan fingerprint density at radius 3 is 2.76 bits per heavy atom. The molecule has 0 fully saturated rings. The maximum atomic E-state index is 14.6. The van der Waals surface area contributed by atoms with E-state index in [1.807, 2.05) is 30.5 Å². The molecule has 1 aromatic heterocycles. The fourth-order valence-electron chi connectivity index (χ4n) is 3.56. The van der Waals surface area contributed by atoms with Crippen molar-refractivity contribution in [3.05, 3.63) is 75.2 Å². The molecule has 0 spiro atoms. The second-order valence-electron chi connectivity index (χ2n) is 7.18. The molecule has 6 heteroatoms. The first-order chi connectivity index (χ1) is 13.9. The van der Waals surface area contributed by atoms with E-state index in [9.17, 15) is 14.0 Å². The molecule has 1 aliphatic rings. The lowest BCUT2D eigenvalue weighted by Gasteiger charge is -2.14. The van der Waals surface area contributed by atoms with Crippen LogP contribution in [-0.2, 0) is 6.42 Å². The van der Waals surface area contributed by atoms with E-state index in [4.69, 9.17) is 4.74 Å². The van der Waals surface area contributed by atoms with Crippen LogP contribution in [0.2, 0.25) is 0 Å². The average molecular weight is 409 g/mol. The van der Waals surface area contributed by atoms with Crippen molar-refractivity contribution in [2.45, 2.75) is 26.4 Å². The third kappa shape index (κ3) is 3.93. The number of hydrogen-bond donors (Lipinski definition) is 1. The second kappa shape index (κ2) is 7.79. The van der Waals surface area contributed by atoms with Crippen LogP contribution in [-0.4, -0.2) is 24.3 Å². The molecule has 4 nitrogen and oxygen atoms in total. The van der Waals surface area contributed by atoms with Gasteiger partial charge in [-0.2, -0.15) is 0 Å². The molecule has 0 aliphatic carbocycles. The lowest BCUT2D eigenvalue weighted by molar-refractivity contribution is 0.0937. The Morgan fingerprint density at radius 2 is 2.03 bits per heavy atom. The Balaban J connectivity index is 1.59. The smallest absolute Gasteiger partial charge is 0.261 e. The molecule has 0 radical (unpaired) electrons. The van der Waals surface area contributed by atoms with Crippen LogP contribution in [0.5, 0.6) is 5.75 Å². The molecule has 3 aromatic rings. The van der Waals surface area contributed by atoms with E-state index < -0.39 is 5.82 Å². The van der Waals surface area contributed by atoms with Crippen LogP contribution in [0.4, 0.5) is 4.39 Å². The second-order valence-corrected chi connectivity index (χ2v) is 8.13. The van der Waals surface area contributed by atoms with Crippen LogP contribution in [0.15, 0.2) is 47.8 Å². The molecular weight excluding hydrogens is 389 g/mol. The number of ether oxygens (including phenoxy) is 1. The van der Waals surface area contributed by atoms with Crippen LogP contribution in [0.1, 0.15) is 38.1 Å². The van der Waals surface area contributed by atoms with Gasteiger partial charge in [0.15, 0.2) is 5.78 Å². The maximum Gasteiger partial charge on any atom is 0.261 e. The molecule has 0 saturated heterocycles. The van der Waals surface area contributed by atoms with Gasteiger partial charge >= 0.3 is 0 Å². The van der Waals surface area contributed by atoms with Crippen LogP contribution in [0, 0.1) is 12.7 Å². The molecule has 1 amide bonds. The topological polar surface area (TPSA) is 55.4 Å². The molecule has 148 valence electrons. The van der Waals surface area contributed by atoms with Crippen molar-refractivity contribution in [3.8, 4) is 16.9 Å². The number of fused-ring (bicyclic) bond motifs is 1. The summed E-state index contributed by atoms with van der Waals surface area (Å²) in [5.74, 6) is -0.0341. The number of carbonyl (C=O) groups is 2. The summed E-state index contributed by atoms with van der Waals surface area (Å²) >= 11 is 1.39. The highest BCUT2D eigenvalue weighted by molar-refractivity contribution is 7.12. The van der Waals surface area contributed by atoms with Gasteiger partial charge in [0.1, 0.15) is 17.7 Å². The number of nitrogens with one attached hydrogen (secondary N) is 1. The standard InChI is InChI=1S/C23H20FNO3S/c1-13-8-16-10-17(12-25-23(27)21-4-3-7-29-21)28-22(16)19(9-13)18-11-15(14(2)26)5-6-20(18)24/h3-9,11,17H,10,12H2,1-2H3,(H,25,27). The van der Waals surface area contributed by atoms with Crippen molar-refractivity contribution in [2.75, 3.05) is 6.54 Å². The van der Waals surface area contributed by atoms with E-state index in [-0.39, 0.29) is 17.8 Å². The van der Waals surface area contributed by atoms with Crippen LogP contribution in [0.25, 0.3) is 11.1 Å². The minimum Gasteiger partial charge on any atom is -0.487 e. The number of thiophene rings is 1. The first-order valence-electron chi connectivity index (χ1n) is 9.35. The average Bonchev–Trinajstić information content (AvgIpc) is 3.35. The first kappa shape index (κ1) is 19.3. The van der Waals surface area contributed by atoms with Crippen molar-refractivity contribution in [3.63, 3.8) is 0 Å². The number of halogens is 1. The summed E-state index contributed by atoms with van der Waals surface area (Å²) in [6.07, 6.45) is 0.400. The number of rotatable bonds is 5. The molecule has 1 unspecified atom stereocenters. The van der Waals surface area contributed by atoms with Gasteiger partial charge in [-0.25, -0.2) is 4.39 Å². The summed E-state index contributed by atoms with van der Waals surface area (Å²) in [5, 5.41) is 4.76. The predicted molar refractivity (Wildman–Crippen MR) is 111 cm³/mol. The van der Waals surface area contributed by atoms with Gasteiger partial charge < -0.3 is 10.1 Å². The number of amides is 1. The van der Waals surface area contributed by atoms with Gasteiger partial charge in [-0.15, -0.1) is 11.3 Å². The number of Topliss-reactive ketones (excluding diaryl/α,β-unsaturated/α-hetero) is 1. The summed E-state index contributed by atoms with van der Waals surface area (Å²) in [4.78, 5) is 24.6. The van der Waals surface area contributed by atoms with E-state index in [0.29, 0.717) is 40.3 Å². The van der Waals surface area contributed by atoms with E-state index in [1.165, 1.54) is 30.4 Å². The largest absolute Gasteiger partial charge is 0.487 e. The normalized spacial score (nSPS) is 14.9. The van der Waals surface area contributed by atoms with E-state index in [1.54, 1.807) is 12.1 Å². The fraction of sp³-hybridized carbons (Fsp3) is 0.217. The molecule has 2 heterocycles. The van der Waals surface area contributed by atoms with Gasteiger partial charge in [0, 0.05) is 23.1 Å². The summed E-state index contributed by atoms with van der Waals surface area (Å²) in [6, 6.07) is 11.9. The quantitative estimate of drug-likeness (QED) is 0.616. The minimum absolute atomic E-state index is 0.120. The summed E-state index contributed by atoms with van der Waals surface area (Å²) in [5.41, 5.74) is 3.39. The van der Waals surface area contributed by atoms with Gasteiger partial charge in [0.05, 0.1) is 11.4 Å². The van der Waals surface area contributed by atoms with Crippen LogP contribution >= 0.6 is 11.3 Å². The molecule has 1 atom stereocenters. The Labute approximate surface area is 172 Å². The van der Waals surface area contributed by atoms with Crippen molar-refractivity contribution in [1.29, 1.82) is 0 Å². The summed E-state index contributed by atoms with van der Waals surface area (Å²) in [7, 11) is 0. The molecule has 0 bridgehead atoms. The Kier molecular flexibility index (Phi) is 5.20. The Bertz CT molecular complexity index is 1090. The molecule has 0 saturated carbocycles. The lowest BCUT2D eigenvalue weighted by atomic mass is 9.95. The highest BCUT2D eigenvalue weighted by Gasteiger charge is 2.28. The Hall–Kier alpha value is -2.99. The zero-order chi connectivity index (χ0) is 20.5. The van der Waals surface area contributed by atoms with Gasteiger partial charge in [-0.3, -0.25) is 9.59 Å². The van der Waals surface area contributed by atoms with Gasteiger partial charge in [-0.05, 0) is 60.7 Å². The highest BCUT2D eigenvalue weighted by Crippen LogP contribution is 2.41. The fourth-order valence-corrected chi connectivity index (χ4v) is 4.20. The summed E-state index contributed by atoms with van der Waals surface area (Å²) in [6.45, 7) is 3.77. The molecule has 29 heavy (non-hydrogen) atoms. The van der Waals surface area contributed by atoms with Crippen LogP contribution < -0.4 is 10.1 Å². The number of aryl methyl sites for hydroxylation is 1. The third-order valence-electron chi connectivity index (χ3n) is 4.94. The number of carbonyl (C=O) groups excluding carboxylic acids is 2. The van der Waals surface area contributed by atoms with Crippen molar-refractivity contribution < 1.29 is 18.7 Å². The van der Waals surface area contributed by atoms with Crippen molar-refractivity contribution in [1.82, 2.24) is 5.32 Å². The maximum absolute atomic E-state index is 14.6.